The highest BCUT2D eigenvalue weighted by atomic mass is 16.5. The van der Waals surface area contributed by atoms with Crippen molar-refractivity contribution in [1.82, 2.24) is 0 Å². The molecule has 1 unspecified atom stereocenters. The number of aromatic hydroxyl groups is 1. The quantitative estimate of drug-likeness (QED) is 0.355. The van der Waals surface area contributed by atoms with E-state index < -0.39 is 23.5 Å². The predicted molar refractivity (Wildman–Crippen MR) is 116 cm³/mol. The van der Waals surface area contributed by atoms with Gasteiger partial charge >= 0.3 is 0 Å². The number of methoxy groups -OCH3 is 2. The molecule has 32 heavy (non-hydrogen) atoms. The summed E-state index contributed by atoms with van der Waals surface area (Å²) in [4.78, 5) is 27.4. The van der Waals surface area contributed by atoms with Crippen molar-refractivity contribution in [2.45, 2.75) is 13.0 Å². The monoisotopic (exact) mass is 435 g/mol. The van der Waals surface area contributed by atoms with Crippen LogP contribution < -0.4 is 14.4 Å². The molecule has 1 fully saturated rings. The van der Waals surface area contributed by atoms with Crippen LogP contribution in [0.4, 0.5) is 5.69 Å². The Kier molecular flexibility index (Phi) is 5.36. The number of furan rings is 1. The Labute approximate surface area is 183 Å². The van der Waals surface area contributed by atoms with Crippen molar-refractivity contribution in [3.63, 3.8) is 0 Å². The molecule has 1 aromatic heterocycles. The van der Waals surface area contributed by atoms with Crippen molar-refractivity contribution in [1.29, 1.82) is 0 Å². The topological polar surface area (TPSA) is 109 Å². The van der Waals surface area contributed by atoms with Crippen LogP contribution in [0.5, 0.6) is 17.2 Å². The lowest BCUT2D eigenvalue weighted by atomic mass is 9.98. The molecular formula is C24H21NO7. The van der Waals surface area contributed by atoms with E-state index in [1.807, 2.05) is 0 Å². The molecule has 1 atom stereocenters. The van der Waals surface area contributed by atoms with Crippen molar-refractivity contribution in [3.05, 3.63) is 77.3 Å². The number of anilines is 1. The molecule has 1 amide bonds. The molecule has 2 N–H and O–H groups in total. The first-order valence-electron chi connectivity index (χ1n) is 9.75. The summed E-state index contributed by atoms with van der Waals surface area (Å²) in [5.41, 5.74) is 0.0242. The number of nitrogens with zero attached hydrogens (tertiary/aromatic N) is 1. The zero-order valence-electron chi connectivity index (χ0n) is 17.7. The van der Waals surface area contributed by atoms with Gasteiger partial charge in [-0.25, -0.2) is 0 Å². The van der Waals surface area contributed by atoms with Crippen molar-refractivity contribution in [2.75, 3.05) is 19.1 Å². The molecule has 8 heteroatoms. The molecule has 0 aliphatic carbocycles. The number of rotatable bonds is 5. The van der Waals surface area contributed by atoms with E-state index in [9.17, 15) is 19.8 Å². The largest absolute Gasteiger partial charge is 0.506 e. The van der Waals surface area contributed by atoms with Gasteiger partial charge in [0.05, 0.1) is 25.5 Å². The van der Waals surface area contributed by atoms with Gasteiger partial charge in [0.1, 0.15) is 46.1 Å². The van der Waals surface area contributed by atoms with Gasteiger partial charge in [0.15, 0.2) is 0 Å². The molecule has 164 valence electrons. The molecule has 1 aliphatic heterocycles. The average Bonchev–Trinajstić information content (AvgIpc) is 3.34. The Bertz CT molecular complexity index is 1220. The number of aliphatic hydroxyl groups is 1. The predicted octanol–water partition coefficient (Wildman–Crippen LogP) is 3.94. The highest BCUT2D eigenvalue weighted by Gasteiger charge is 2.49. The lowest BCUT2D eigenvalue weighted by Gasteiger charge is -2.24. The third kappa shape index (κ3) is 3.26. The number of benzene rings is 2. The summed E-state index contributed by atoms with van der Waals surface area (Å²) in [6.45, 7) is 1.72. The number of carbonyl (C=O) groups excluding carboxylic acids is 2. The summed E-state index contributed by atoms with van der Waals surface area (Å²) in [6, 6.07) is 13.2. The van der Waals surface area contributed by atoms with Gasteiger partial charge in [-0.3, -0.25) is 14.5 Å². The number of carbonyl (C=O) groups is 2. The normalized spacial score (nSPS) is 17.6. The summed E-state index contributed by atoms with van der Waals surface area (Å²) in [5, 5.41) is 21.7. The maximum Gasteiger partial charge on any atom is 0.300 e. The Hall–Kier alpha value is -4.20. The van der Waals surface area contributed by atoms with Crippen LogP contribution in [-0.4, -0.2) is 36.1 Å². The second kappa shape index (κ2) is 8.14. The summed E-state index contributed by atoms with van der Waals surface area (Å²) in [6.07, 6.45) is 0. The Balaban J connectivity index is 2.02. The third-order valence-corrected chi connectivity index (χ3v) is 5.28. The zero-order valence-corrected chi connectivity index (χ0v) is 17.7. The maximum atomic E-state index is 13.2. The van der Waals surface area contributed by atoms with Crippen LogP contribution in [0.15, 0.2) is 64.6 Å². The molecule has 2 heterocycles. The van der Waals surface area contributed by atoms with Crippen molar-refractivity contribution < 1.29 is 33.7 Å². The van der Waals surface area contributed by atoms with E-state index in [-0.39, 0.29) is 39.8 Å². The van der Waals surface area contributed by atoms with Gasteiger partial charge in [-0.2, -0.15) is 0 Å². The molecule has 0 saturated carbocycles. The van der Waals surface area contributed by atoms with Crippen LogP contribution in [0.3, 0.4) is 0 Å². The summed E-state index contributed by atoms with van der Waals surface area (Å²) in [5.74, 6) is -1.21. The number of Topliss-reactive ketones (excluding diaryl/α,β-unsaturated/α-hetero) is 1. The molecule has 0 spiro atoms. The number of hydrogen-bond acceptors (Lipinski definition) is 7. The molecule has 8 nitrogen and oxygen atoms in total. The SMILES string of the molecule is COc1cccc(OC)c1/C(O)=C1\C(=O)C(=O)N(c2ccccc2O)C1c1ccc(C)o1. The lowest BCUT2D eigenvalue weighted by molar-refractivity contribution is -0.132. The fourth-order valence-electron chi connectivity index (χ4n) is 3.84. The van der Waals surface area contributed by atoms with Crippen LogP contribution >= 0.6 is 0 Å². The van der Waals surface area contributed by atoms with Gasteiger partial charge < -0.3 is 24.1 Å². The summed E-state index contributed by atoms with van der Waals surface area (Å²) >= 11 is 0. The van der Waals surface area contributed by atoms with Crippen molar-refractivity contribution in [3.8, 4) is 17.2 Å². The second-order valence-corrected chi connectivity index (χ2v) is 7.14. The first kappa shape index (κ1) is 21.0. The van der Waals surface area contributed by atoms with Crippen LogP contribution in [-0.2, 0) is 9.59 Å². The molecule has 2 aromatic carbocycles. The summed E-state index contributed by atoms with van der Waals surface area (Å²) in [7, 11) is 2.83. The van der Waals surface area contributed by atoms with Gasteiger partial charge in [0.25, 0.3) is 11.7 Å². The molecule has 0 bridgehead atoms. The smallest absolute Gasteiger partial charge is 0.300 e. The second-order valence-electron chi connectivity index (χ2n) is 7.14. The number of ketones is 1. The van der Waals surface area contributed by atoms with E-state index >= 15 is 0 Å². The molecule has 3 aromatic rings. The molecule has 1 aliphatic rings. The van der Waals surface area contributed by atoms with E-state index in [2.05, 4.69) is 0 Å². The number of hydrogen-bond donors (Lipinski definition) is 2. The van der Waals surface area contributed by atoms with Gasteiger partial charge in [0.2, 0.25) is 0 Å². The fourth-order valence-corrected chi connectivity index (χ4v) is 3.84. The number of phenols is 1. The van der Waals surface area contributed by atoms with Crippen LogP contribution in [0, 0.1) is 6.92 Å². The van der Waals surface area contributed by atoms with Crippen LogP contribution in [0.1, 0.15) is 23.1 Å². The van der Waals surface area contributed by atoms with E-state index in [1.165, 1.54) is 26.4 Å². The van der Waals surface area contributed by atoms with Gasteiger partial charge in [-0.15, -0.1) is 0 Å². The molecule has 4 rings (SSSR count). The van der Waals surface area contributed by atoms with Gasteiger partial charge in [-0.1, -0.05) is 18.2 Å². The minimum atomic E-state index is -1.12. The number of aryl methyl sites for hydroxylation is 1. The number of phenolic OH excluding ortho intramolecular Hbond substituents is 1. The van der Waals surface area contributed by atoms with Gasteiger partial charge in [0, 0.05) is 0 Å². The Morgan fingerprint density at radius 2 is 1.62 bits per heavy atom. The van der Waals surface area contributed by atoms with E-state index in [4.69, 9.17) is 13.9 Å². The molecular weight excluding hydrogens is 414 g/mol. The van der Waals surface area contributed by atoms with Crippen LogP contribution in [0.25, 0.3) is 5.76 Å². The van der Waals surface area contributed by atoms with Crippen molar-refractivity contribution >= 4 is 23.1 Å². The highest BCUT2D eigenvalue weighted by molar-refractivity contribution is 6.51. The van der Waals surface area contributed by atoms with E-state index in [0.717, 1.165) is 4.90 Å². The van der Waals surface area contributed by atoms with Gasteiger partial charge in [-0.05, 0) is 43.3 Å². The number of aliphatic hydroxyl groups excluding tert-OH is 1. The highest BCUT2D eigenvalue weighted by Crippen LogP contribution is 2.47. The van der Waals surface area contributed by atoms with E-state index in [0.29, 0.717) is 5.76 Å². The maximum absolute atomic E-state index is 13.2. The molecule has 1 saturated heterocycles. The Morgan fingerprint density at radius 1 is 0.969 bits per heavy atom. The minimum Gasteiger partial charge on any atom is -0.506 e. The zero-order chi connectivity index (χ0) is 23.0. The number of ether oxygens (including phenoxy) is 2. The first-order chi connectivity index (χ1) is 15.4. The molecule has 0 radical (unpaired) electrons. The fraction of sp³-hybridized carbons (Fsp3) is 0.167. The summed E-state index contributed by atoms with van der Waals surface area (Å²) < 4.78 is 16.5. The lowest BCUT2D eigenvalue weighted by Crippen LogP contribution is -2.29. The number of para-hydroxylation sites is 2. The Morgan fingerprint density at radius 3 is 2.19 bits per heavy atom. The first-order valence-corrected chi connectivity index (χ1v) is 9.75. The van der Waals surface area contributed by atoms with E-state index in [1.54, 1.807) is 49.4 Å². The third-order valence-electron chi connectivity index (χ3n) is 5.28. The number of amides is 1. The average molecular weight is 435 g/mol. The van der Waals surface area contributed by atoms with Crippen molar-refractivity contribution in [2.24, 2.45) is 0 Å². The standard InChI is InChI=1S/C24H21NO7/c1-13-11-12-18(32-13)21-20(22(27)19-16(30-2)9-6-10-17(19)31-3)23(28)24(29)25(21)14-7-4-5-8-15(14)26/h4-12,21,26-27H,1-3H3/b22-20+. The minimum absolute atomic E-state index is 0.111. The van der Waals surface area contributed by atoms with Crippen LogP contribution in [0.2, 0.25) is 0 Å².